The Kier molecular flexibility index (Phi) is 3.20. The van der Waals surface area contributed by atoms with Gasteiger partial charge in [0.25, 0.3) is 0 Å². The van der Waals surface area contributed by atoms with Crippen molar-refractivity contribution in [2.24, 2.45) is 0 Å². The number of aromatic nitrogens is 1. The smallest absolute Gasteiger partial charge is 0.126 e. The molecule has 2 rings (SSSR count). The van der Waals surface area contributed by atoms with Crippen molar-refractivity contribution in [3.8, 4) is 11.1 Å². The standard InChI is InChI=1S/C14H16N2/c1-3-11-5-4-6-12(9-11)13-7-8-16-14(10-13)15-2/h4-10H,3H2,1-2H3,(H,15,16). The molecule has 0 amide bonds. The highest BCUT2D eigenvalue weighted by Crippen LogP contribution is 2.22. The summed E-state index contributed by atoms with van der Waals surface area (Å²) in [7, 11) is 1.88. The van der Waals surface area contributed by atoms with E-state index in [2.05, 4.69) is 47.6 Å². The molecule has 0 saturated carbocycles. The monoisotopic (exact) mass is 212 g/mol. The van der Waals surface area contributed by atoms with Crippen LogP contribution >= 0.6 is 0 Å². The normalized spacial score (nSPS) is 10.1. The zero-order valence-corrected chi connectivity index (χ0v) is 9.70. The predicted octanol–water partition coefficient (Wildman–Crippen LogP) is 3.35. The lowest BCUT2D eigenvalue weighted by atomic mass is 10.0. The molecule has 0 bridgehead atoms. The van der Waals surface area contributed by atoms with E-state index in [9.17, 15) is 0 Å². The highest BCUT2D eigenvalue weighted by Gasteiger charge is 1.99. The molecule has 0 aliphatic heterocycles. The summed E-state index contributed by atoms with van der Waals surface area (Å²) in [6.45, 7) is 2.17. The summed E-state index contributed by atoms with van der Waals surface area (Å²) in [5.41, 5.74) is 3.81. The van der Waals surface area contributed by atoms with Gasteiger partial charge in [-0.2, -0.15) is 0 Å². The first kappa shape index (κ1) is 10.7. The van der Waals surface area contributed by atoms with Gasteiger partial charge in [-0.3, -0.25) is 0 Å². The second kappa shape index (κ2) is 4.79. The van der Waals surface area contributed by atoms with Crippen LogP contribution in [0.3, 0.4) is 0 Å². The minimum atomic E-state index is 0.902. The van der Waals surface area contributed by atoms with Crippen molar-refractivity contribution in [2.45, 2.75) is 13.3 Å². The molecule has 0 aliphatic carbocycles. The fourth-order valence-electron chi connectivity index (χ4n) is 1.72. The molecule has 0 unspecified atom stereocenters. The maximum atomic E-state index is 4.21. The van der Waals surface area contributed by atoms with Crippen molar-refractivity contribution in [3.63, 3.8) is 0 Å². The number of nitrogens with zero attached hydrogens (tertiary/aromatic N) is 1. The van der Waals surface area contributed by atoms with E-state index < -0.39 is 0 Å². The molecular formula is C14H16N2. The summed E-state index contributed by atoms with van der Waals surface area (Å²) in [6.07, 6.45) is 2.90. The van der Waals surface area contributed by atoms with Crippen molar-refractivity contribution in [1.82, 2.24) is 4.98 Å². The van der Waals surface area contributed by atoms with Gasteiger partial charge in [-0.25, -0.2) is 4.98 Å². The lowest BCUT2D eigenvalue weighted by Crippen LogP contribution is -1.91. The number of hydrogen-bond acceptors (Lipinski definition) is 2. The molecule has 0 fully saturated rings. The SMILES string of the molecule is CCc1cccc(-c2ccnc(NC)c2)c1. The largest absolute Gasteiger partial charge is 0.373 e. The summed E-state index contributed by atoms with van der Waals surface area (Å²) < 4.78 is 0. The second-order valence-corrected chi connectivity index (χ2v) is 3.73. The van der Waals surface area contributed by atoms with E-state index in [1.165, 1.54) is 16.7 Å². The fourth-order valence-corrected chi connectivity index (χ4v) is 1.72. The van der Waals surface area contributed by atoms with E-state index in [0.29, 0.717) is 0 Å². The number of pyridine rings is 1. The molecule has 1 heterocycles. The van der Waals surface area contributed by atoms with Crippen LogP contribution in [-0.2, 0) is 6.42 Å². The van der Waals surface area contributed by atoms with Crippen LogP contribution in [0.1, 0.15) is 12.5 Å². The van der Waals surface area contributed by atoms with Gasteiger partial charge in [0, 0.05) is 13.2 Å². The van der Waals surface area contributed by atoms with Gasteiger partial charge in [-0.1, -0.05) is 31.2 Å². The lowest BCUT2D eigenvalue weighted by Gasteiger charge is -2.05. The average molecular weight is 212 g/mol. The topological polar surface area (TPSA) is 24.9 Å². The van der Waals surface area contributed by atoms with E-state index in [-0.39, 0.29) is 0 Å². The van der Waals surface area contributed by atoms with Crippen molar-refractivity contribution in [2.75, 3.05) is 12.4 Å². The first-order chi connectivity index (χ1) is 7.83. The molecule has 0 atom stereocenters. The zero-order chi connectivity index (χ0) is 11.4. The summed E-state index contributed by atoms with van der Waals surface area (Å²) in [5.74, 6) is 0.902. The Morgan fingerprint density at radius 1 is 1.12 bits per heavy atom. The third kappa shape index (κ3) is 2.22. The molecule has 0 aliphatic rings. The number of anilines is 1. The molecule has 1 aromatic heterocycles. The van der Waals surface area contributed by atoms with E-state index in [1.54, 1.807) is 0 Å². The maximum absolute atomic E-state index is 4.21. The van der Waals surface area contributed by atoms with Gasteiger partial charge < -0.3 is 5.32 Å². The summed E-state index contributed by atoms with van der Waals surface area (Å²) >= 11 is 0. The Morgan fingerprint density at radius 3 is 2.69 bits per heavy atom. The Labute approximate surface area is 96.4 Å². The highest BCUT2D eigenvalue weighted by atomic mass is 14.9. The van der Waals surface area contributed by atoms with E-state index in [4.69, 9.17) is 0 Å². The number of hydrogen-bond donors (Lipinski definition) is 1. The predicted molar refractivity (Wildman–Crippen MR) is 68.6 cm³/mol. The fraction of sp³-hybridized carbons (Fsp3) is 0.214. The van der Waals surface area contributed by atoms with Gasteiger partial charge in [-0.05, 0) is 35.2 Å². The molecule has 2 nitrogen and oxygen atoms in total. The van der Waals surface area contributed by atoms with E-state index >= 15 is 0 Å². The van der Waals surface area contributed by atoms with Gasteiger partial charge in [0.15, 0.2) is 0 Å². The minimum Gasteiger partial charge on any atom is -0.373 e. The molecule has 16 heavy (non-hydrogen) atoms. The number of benzene rings is 1. The van der Waals surface area contributed by atoms with Gasteiger partial charge >= 0.3 is 0 Å². The summed E-state index contributed by atoms with van der Waals surface area (Å²) in [6, 6.07) is 12.7. The van der Waals surface area contributed by atoms with Crippen LogP contribution in [0.15, 0.2) is 42.6 Å². The lowest BCUT2D eigenvalue weighted by molar-refractivity contribution is 1.14. The van der Waals surface area contributed by atoms with Crippen LogP contribution in [0.2, 0.25) is 0 Å². The third-order valence-electron chi connectivity index (χ3n) is 2.68. The minimum absolute atomic E-state index is 0.902. The van der Waals surface area contributed by atoms with Gasteiger partial charge in [0.1, 0.15) is 5.82 Å². The Morgan fingerprint density at radius 2 is 1.94 bits per heavy atom. The number of rotatable bonds is 3. The van der Waals surface area contributed by atoms with Crippen LogP contribution in [0.4, 0.5) is 5.82 Å². The van der Waals surface area contributed by atoms with Gasteiger partial charge in [-0.15, -0.1) is 0 Å². The first-order valence-electron chi connectivity index (χ1n) is 5.56. The summed E-state index contributed by atoms with van der Waals surface area (Å²) in [4.78, 5) is 4.21. The van der Waals surface area contributed by atoms with Crippen molar-refractivity contribution >= 4 is 5.82 Å². The van der Waals surface area contributed by atoms with Crippen LogP contribution in [0, 0.1) is 0 Å². The molecule has 82 valence electrons. The molecule has 2 heteroatoms. The maximum Gasteiger partial charge on any atom is 0.126 e. The average Bonchev–Trinajstić information content (AvgIpc) is 2.39. The van der Waals surface area contributed by atoms with Crippen molar-refractivity contribution in [1.29, 1.82) is 0 Å². The first-order valence-corrected chi connectivity index (χ1v) is 5.56. The molecular weight excluding hydrogens is 196 g/mol. The van der Waals surface area contributed by atoms with Crippen molar-refractivity contribution in [3.05, 3.63) is 48.2 Å². The van der Waals surface area contributed by atoms with Crippen LogP contribution in [0.5, 0.6) is 0 Å². The van der Waals surface area contributed by atoms with Crippen LogP contribution < -0.4 is 5.32 Å². The van der Waals surface area contributed by atoms with Crippen LogP contribution in [0.25, 0.3) is 11.1 Å². The highest BCUT2D eigenvalue weighted by molar-refractivity contribution is 5.66. The van der Waals surface area contributed by atoms with E-state index in [1.807, 2.05) is 19.3 Å². The van der Waals surface area contributed by atoms with Crippen LogP contribution in [-0.4, -0.2) is 12.0 Å². The quantitative estimate of drug-likeness (QED) is 0.844. The summed E-state index contributed by atoms with van der Waals surface area (Å²) in [5, 5.41) is 3.05. The Balaban J connectivity index is 2.41. The number of aryl methyl sites for hydroxylation is 1. The van der Waals surface area contributed by atoms with Gasteiger partial charge in [0.05, 0.1) is 0 Å². The molecule has 1 aromatic carbocycles. The molecule has 2 aromatic rings. The van der Waals surface area contributed by atoms with Crippen molar-refractivity contribution < 1.29 is 0 Å². The molecule has 0 radical (unpaired) electrons. The van der Waals surface area contributed by atoms with E-state index in [0.717, 1.165) is 12.2 Å². The molecule has 1 N–H and O–H groups in total. The second-order valence-electron chi connectivity index (χ2n) is 3.73. The zero-order valence-electron chi connectivity index (χ0n) is 9.70. The van der Waals surface area contributed by atoms with Gasteiger partial charge in [0.2, 0.25) is 0 Å². The molecule has 0 spiro atoms. The number of nitrogens with one attached hydrogen (secondary N) is 1. The third-order valence-corrected chi connectivity index (χ3v) is 2.68. The molecule has 0 saturated heterocycles. The Bertz CT molecular complexity index is 432. The Hall–Kier alpha value is -1.83.